The van der Waals surface area contributed by atoms with Crippen molar-refractivity contribution in [2.24, 2.45) is 0 Å². The van der Waals surface area contributed by atoms with Gasteiger partial charge in [0.2, 0.25) is 0 Å². The zero-order valence-electron chi connectivity index (χ0n) is 23.9. The number of nitrogens with zero attached hydrogens (tertiary/aromatic N) is 2. The molecule has 3 heterocycles. The first-order valence-electron chi connectivity index (χ1n) is 13.3. The smallest absolute Gasteiger partial charge is 0.120 e. The Hall–Kier alpha value is -3.37. The number of fused-ring (bicyclic) bond motifs is 3. The predicted octanol–water partition coefficient (Wildman–Crippen LogP) is 7.85. The maximum absolute atomic E-state index is 7.33. The van der Waals surface area contributed by atoms with Gasteiger partial charge in [0.1, 0.15) is 5.58 Å². The van der Waals surface area contributed by atoms with Crippen LogP contribution in [0, 0.1) is 19.0 Å². The van der Waals surface area contributed by atoms with Crippen molar-refractivity contribution in [3.8, 4) is 22.5 Å². The molecular weight excluding hydrogens is 649 g/mol. The molecule has 0 saturated heterocycles. The first kappa shape index (κ1) is 22.8. The molecule has 0 fully saturated rings. The van der Waals surface area contributed by atoms with Crippen LogP contribution in [-0.4, -0.2) is 18.0 Å². The molecule has 0 N–H and O–H groups in total. The number of hydrogen-bond acceptors (Lipinski definition) is 3. The molecule has 6 aromatic rings. The average Bonchev–Trinajstić information content (AvgIpc) is 3.32. The van der Waals surface area contributed by atoms with Crippen LogP contribution >= 0.6 is 0 Å². The van der Waals surface area contributed by atoms with E-state index in [2.05, 4.69) is 66.0 Å². The maximum atomic E-state index is 7.33. The van der Waals surface area contributed by atoms with Gasteiger partial charge in [-0.2, -0.15) is 0 Å². The van der Waals surface area contributed by atoms with E-state index in [9.17, 15) is 0 Å². The number of rotatable bonds is 3. The molecule has 3 nitrogen and oxygen atoms in total. The van der Waals surface area contributed by atoms with E-state index >= 15 is 0 Å². The summed E-state index contributed by atoms with van der Waals surface area (Å²) in [5.74, 6) is 0. The summed E-state index contributed by atoms with van der Waals surface area (Å²) in [4.78, 5) is 8.58. The second kappa shape index (κ2) is 11.3. The number of aryl methyl sites for hydroxylation is 1. The van der Waals surface area contributed by atoms with Crippen molar-refractivity contribution in [2.75, 3.05) is 0 Å². The number of furan rings is 1. The third-order valence-electron chi connectivity index (χ3n) is 5.96. The summed E-state index contributed by atoms with van der Waals surface area (Å²) in [6.45, 7) is 5.00. The molecule has 0 amide bonds. The number of hydrogen-bond donors (Lipinski definition) is 0. The first-order chi connectivity index (χ1) is 18.6. The molecular formula is C32H28IrN2OSi-2. The summed E-state index contributed by atoms with van der Waals surface area (Å²) in [6.07, 6.45) is 3.31. The van der Waals surface area contributed by atoms with Gasteiger partial charge in [-0.1, -0.05) is 71.7 Å². The number of pyridine rings is 2. The Balaban J connectivity index is 0.000000192. The zero-order chi connectivity index (χ0) is 27.6. The van der Waals surface area contributed by atoms with E-state index in [0.717, 1.165) is 33.4 Å². The van der Waals surface area contributed by atoms with Crippen molar-refractivity contribution in [3.05, 3.63) is 115 Å². The summed E-state index contributed by atoms with van der Waals surface area (Å²) in [7, 11) is -1.35. The topological polar surface area (TPSA) is 38.9 Å². The van der Waals surface area contributed by atoms with Crippen LogP contribution in [0.2, 0.25) is 19.6 Å². The zero-order valence-corrected chi connectivity index (χ0v) is 24.3. The van der Waals surface area contributed by atoms with Crippen molar-refractivity contribution in [3.63, 3.8) is 0 Å². The summed E-state index contributed by atoms with van der Waals surface area (Å²) < 4.78 is 28.1. The molecule has 187 valence electrons. The fourth-order valence-electron chi connectivity index (χ4n) is 4.04. The average molecular weight is 680 g/mol. The van der Waals surface area contributed by atoms with Crippen molar-refractivity contribution in [1.82, 2.24) is 9.97 Å². The van der Waals surface area contributed by atoms with Crippen molar-refractivity contribution >= 4 is 35.2 Å². The monoisotopic (exact) mass is 680 g/mol. The largest absolute Gasteiger partial charge is 0.501 e. The SMILES string of the molecule is C[Si](C)(C)c1ccc2oc3c(-c4ccccn4)[c-]ccc3c2c1.[2H]C([2H])([2H])c1ccnc(-c2[c-]cccc2)c1.[Ir]. The van der Waals surface area contributed by atoms with Crippen LogP contribution in [0.5, 0.6) is 0 Å². The normalized spacial score (nSPS) is 12.6. The van der Waals surface area contributed by atoms with Gasteiger partial charge in [-0.25, -0.2) is 0 Å². The van der Waals surface area contributed by atoms with Gasteiger partial charge in [0.15, 0.2) is 0 Å². The van der Waals surface area contributed by atoms with Gasteiger partial charge in [-0.3, -0.25) is 0 Å². The molecule has 6 rings (SSSR count). The molecule has 0 aliphatic carbocycles. The fraction of sp³-hybridized carbons (Fsp3) is 0.125. The van der Waals surface area contributed by atoms with E-state index in [1.54, 1.807) is 18.3 Å². The van der Waals surface area contributed by atoms with Crippen LogP contribution in [-0.2, 0) is 20.1 Å². The van der Waals surface area contributed by atoms with E-state index in [-0.39, 0.29) is 20.1 Å². The van der Waals surface area contributed by atoms with Crippen LogP contribution < -0.4 is 5.19 Å². The van der Waals surface area contributed by atoms with Gasteiger partial charge in [-0.05, 0) is 36.4 Å². The van der Waals surface area contributed by atoms with Gasteiger partial charge in [0, 0.05) is 42.0 Å². The fourth-order valence-corrected chi connectivity index (χ4v) is 5.20. The van der Waals surface area contributed by atoms with Crippen molar-refractivity contribution < 1.29 is 28.6 Å². The Morgan fingerprint density at radius 1 is 0.784 bits per heavy atom. The molecule has 3 aromatic heterocycles. The molecule has 0 aliphatic rings. The Kier molecular flexibility index (Phi) is 6.99. The summed E-state index contributed by atoms with van der Waals surface area (Å²) in [6, 6.07) is 33.3. The quantitative estimate of drug-likeness (QED) is 0.141. The summed E-state index contributed by atoms with van der Waals surface area (Å²) >= 11 is 0. The molecule has 3 aromatic carbocycles. The van der Waals surface area contributed by atoms with E-state index in [1.807, 2.05) is 42.5 Å². The molecule has 1 radical (unpaired) electrons. The van der Waals surface area contributed by atoms with Crippen molar-refractivity contribution in [1.29, 1.82) is 0 Å². The standard InChI is InChI=1S/C20H18NOSi.C12H10N.Ir/c1-23(2,3)14-10-11-19-17(13-14)15-7-6-8-16(20(15)22-19)18-9-4-5-12-21-18;1-10-7-8-13-12(9-10)11-5-3-2-4-6-11;/h4-7,9-13H,1-3H3;2-5,7-9H,1H3;/q2*-1;/i;1D3;. The van der Waals surface area contributed by atoms with Gasteiger partial charge >= 0.3 is 0 Å². The van der Waals surface area contributed by atoms with Crippen LogP contribution in [0.4, 0.5) is 0 Å². The molecule has 0 unspecified atom stereocenters. The third kappa shape index (κ3) is 5.96. The minimum atomic E-state index is -2.09. The van der Waals surface area contributed by atoms with E-state index in [1.165, 1.54) is 22.8 Å². The Labute approximate surface area is 237 Å². The van der Waals surface area contributed by atoms with Crippen LogP contribution in [0.15, 0.2) is 102 Å². The van der Waals surface area contributed by atoms with E-state index in [0.29, 0.717) is 11.3 Å². The first-order valence-corrected chi connectivity index (χ1v) is 15.3. The second-order valence-corrected chi connectivity index (χ2v) is 14.7. The second-order valence-electron chi connectivity index (χ2n) is 9.58. The van der Waals surface area contributed by atoms with Crippen LogP contribution in [0.1, 0.15) is 9.68 Å². The third-order valence-corrected chi connectivity index (χ3v) is 8.01. The molecule has 5 heteroatoms. The van der Waals surface area contributed by atoms with Gasteiger partial charge in [0.05, 0.1) is 13.7 Å². The Morgan fingerprint density at radius 3 is 2.35 bits per heavy atom. The van der Waals surface area contributed by atoms with E-state index in [4.69, 9.17) is 8.53 Å². The van der Waals surface area contributed by atoms with Gasteiger partial charge in [0.25, 0.3) is 0 Å². The van der Waals surface area contributed by atoms with Gasteiger partial charge < -0.3 is 14.4 Å². The summed E-state index contributed by atoms with van der Waals surface area (Å²) in [5, 5.41) is 3.77. The predicted molar refractivity (Wildman–Crippen MR) is 152 cm³/mol. The molecule has 0 spiro atoms. The van der Waals surface area contributed by atoms with E-state index < -0.39 is 14.9 Å². The van der Waals surface area contributed by atoms with Crippen LogP contribution in [0.3, 0.4) is 0 Å². The number of benzene rings is 3. The Morgan fingerprint density at radius 2 is 1.62 bits per heavy atom. The minimum Gasteiger partial charge on any atom is -0.501 e. The number of aromatic nitrogens is 2. The molecule has 0 aliphatic heterocycles. The Bertz CT molecular complexity index is 1730. The summed E-state index contributed by atoms with van der Waals surface area (Å²) in [5.41, 5.74) is 5.35. The van der Waals surface area contributed by atoms with Gasteiger partial charge in [-0.15, -0.1) is 54.1 Å². The molecule has 37 heavy (non-hydrogen) atoms. The molecule has 0 saturated carbocycles. The van der Waals surface area contributed by atoms with Crippen LogP contribution in [0.25, 0.3) is 44.5 Å². The van der Waals surface area contributed by atoms with Crippen molar-refractivity contribution in [2.45, 2.75) is 26.5 Å². The molecule has 0 atom stereocenters. The minimum absolute atomic E-state index is 0. The molecule has 0 bridgehead atoms. The maximum Gasteiger partial charge on any atom is 0.120 e.